The lowest BCUT2D eigenvalue weighted by Crippen LogP contribution is -2.54. The molecule has 2 atom stereocenters. The Hall–Kier alpha value is -3.19. The highest BCUT2D eigenvalue weighted by Crippen LogP contribution is 2.40. The van der Waals surface area contributed by atoms with Gasteiger partial charge in [-0.3, -0.25) is 14.8 Å². The summed E-state index contributed by atoms with van der Waals surface area (Å²) in [5.74, 6) is -0.429. The van der Waals surface area contributed by atoms with Gasteiger partial charge in [-0.05, 0) is 35.6 Å². The second-order valence-electron chi connectivity index (χ2n) is 7.93. The Morgan fingerprint density at radius 3 is 2.83 bits per heavy atom. The van der Waals surface area contributed by atoms with Gasteiger partial charge < -0.3 is 14.7 Å². The highest BCUT2D eigenvalue weighted by Gasteiger charge is 2.44. The second kappa shape index (κ2) is 7.57. The predicted octanol–water partition coefficient (Wildman–Crippen LogP) is 2.24. The molecule has 154 valence electrons. The van der Waals surface area contributed by atoms with Crippen molar-refractivity contribution in [1.82, 2.24) is 14.9 Å². The van der Waals surface area contributed by atoms with Gasteiger partial charge in [0.25, 0.3) is 5.91 Å². The molecule has 3 heterocycles. The van der Waals surface area contributed by atoms with E-state index in [0.717, 1.165) is 18.5 Å². The number of aromatic nitrogens is 1. The van der Waals surface area contributed by atoms with Crippen molar-refractivity contribution in [3.8, 4) is 0 Å². The zero-order valence-electron chi connectivity index (χ0n) is 16.9. The van der Waals surface area contributed by atoms with Crippen molar-refractivity contribution in [3.05, 3.63) is 76.4 Å². The van der Waals surface area contributed by atoms with Crippen molar-refractivity contribution < 1.29 is 14.6 Å². The first-order valence-corrected chi connectivity index (χ1v) is 10.2. The van der Waals surface area contributed by atoms with Crippen molar-refractivity contribution in [2.45, 2.75) is 24.8 Å². The van der Waals surface area contributed by atoms with Gasteiger partial charge in [0.2, 0.25) is 0 Å². The first kappa shape index (κ1) is 18.8. The number of pyridine rings is 1. The number of aryl methyl sites for hydroxylation is 2. The number of hydrazone groups is 1. The minimum absolute atomic E-state index is 0.0136. The van der Waals surface area contributed by atoms with Gasteiger partial charge in [0, 0.05) is 19.8 Å². The molecule has 1 amide bonds. The molecule has 0 saturated carbocycles. The van der Waals surface area contributed by atoms with Crippen molar-refractivity contribution in [1.29, 1.82) is 0 Å². The van der Waals surface area contributed by atoms with Gasteiger partial charge in [0.05, 0.1) is 30.5 Å². The third-order valence-corrected chi connectivity index (χ3v) is 6.12. The molecule has 3 aliphatic rings. The van der Waals surface area contributed by atoms with Crippen LogP contribution in [0.3, 0.4) is 0 Å². The number of rotatable bonds is 1. The lowest BCUT2D eigenvalue weighted by Gasteiger charge is -2.43. The van der Waals surface area contributed by atoms with Crippen LogP contribution < -0.4 is 0 Å². The number of fused-ring (bicyclic) bond motifs is 3. The number of nitrogens with zero attached hydrogens (tertiary/aromatic N) is 4. The van der Waals surface area contributed by atoms with Crippen molar-refractivity contribution in [2.75, 3.05) is 26.8 Å². The molecule has 2 aliphatic heterocycles. The number of aliphatic hydroxyl groups excluding tert-OH is 1. The summed E-state index contributed by atoms with van der Waals surface area (Å²) in [6.45, 7) is 0.740. The number of hydrogen-bond donors (Lipinski definition) is 1. The summed E-state index contributed by atoms with van der Waals surface area (Å²) in [6.07, 6.45) is 5.34. The van der Waals surface area contributed by atoms with Crippen LogP contribution in [0.1, 0.15) is 28.3 Å². The summed E-state index contributed by atoms with van der Waals surface area (Å²) in [5, 5.41) is 16.9. The van der Waals surface area contributed by atoms with E-state index in [-0.39, 0.29) is 42.5 Å². The Labute approximate surface area is 175 Å². The van der Waals surface area contributed by atoms with Gasteiger partial charge in [-0.25, -0.2) is 0 Å². The third kappa shape index (κ3) is 3.06. The summed E-state index contributed by atoms with van der Waals surface area (Å²) in [4.78, 5) is 19.4. The lowest BCUT2D eigenvalue weighted by atomic mass is 9.83. The average molecular weight is 404 g/mol. The molecule has 0 bridgehead atoms. The van der Waals surface area contributed by atoms with Crippen LogP contribution in [0.2, 0.25) is 0 Å². The summed E-state index contributed by atoms with van der Waals surface area (Å²) >= 11 is 0. The van der Waals surface area contributed by atoms with Crippen LogP contribution in [0, 0.1) is 0 Å². The van der Waals surface area contributed by atoms with E-state index in [0.29, 0.717) is 6.54 Å². The normalized spacial score (nSPS) is 24.9. The summed E-state index contributed by atoms with van der Waals surface area (Å²) in [5.41, 5.74) is 4.91. The maximum Gasteiger partial charge on any atom is 0.275 e. The second-order valence-corrected chi connectivity index (χ2v) is 7.93. The first-order chi connectivity index (χ1) is 14.6. The quantitative estimate of drug-likeness (QED) is 0.789. The maximum atomic E-state index is 12.9. The molecule has 5 rings (SSSR count). The average Bonchev–Trinajstić information content (AvgIpc) is 2.91. The first-order valence-electron chi connectivity index (χ1n) is 10.2. The number of ether oxygens (including phenoxy) is 1. The van der Waals surface area contributed by atoms with Gasteiger partial charge in [0.1, 0.15) is 12.4 Å². The number of amides is 1. The number of carbonyl (C=O) groups excluding carboxylic acids is 1. The standard InChI is InChI=1S/C23H24N4O3/c1-26-13-18(27-22(23(26)29)19(28)14-30-12-11-25-27)20-17-7-3-2-5-15(17)8-9-16-6-4-10-24-21(16)20/h2-7,10-11,18,20,28H,8-9,12-14H2,1H3/b22-19?,25-11-/t18-,20?/m0/s1. The Balaban J connectivity index is 1.71. The number of benzene rings is 1. The van der Waals surface area contributed by atoms with Gasteiger partial charge in [-0.1, -0.05) is 30.3 Å². The Morgan fingerprint density at radius 1 is 1.13 bits per heavy atom. The van der Waals surface area contributed by atoms with Crippen molar-refractivity contribution in [3.63, 3.8) is 0 Å². The molecule has 1 aromatic heterocycles. The number of aliphatic hydroxyl groups is 1. The van der Waals surface area contributed by atoms with Gasteiger partial charge in [0.15, 0.2) is 5.70 Å². The van der Waals surface area contributed by atoms with E-state index in [2.05, 4.69) is 35.4 Å². The van der Waals surface area contributed by atoms with Gasteiger partial charge >= 0.3 is 0 Å². The fourth-order valence-corrected chi connectivity index (χ4v) is 4.74. The molecule has 7 nitrogen and oxygen atoms in total. The monoisotopic (exact) mass is 404 g/mol. The Bertz CT molecular complexity index is 1000. The maximum absolute atomic E-state index is 12.9. The summed E-state index contributed by atoms with van der Waals surface area (Å²) in [7, 11) is 1.76. The van der Waals surface area contributed by atoms with E-state index in [1.165, 1.54) is 16.7 Å². The van der Waals surface area contributed by atoms with E-state index in [9.17, 15) is 9.90 Å². The topological polar surface area (TPSA) is 78.3 Å². The molecule has 0 spiro atoms. The zero-order valence-corrected chi connectivity index (χ0v) is 16.9. The molecule has 1 aromatic carbocycles. The van der Waals surface area contributed by atoms with Crippen LogP contribution in [0.15, 0.2) is 59.2 Å². The number of hydrogen-bond acceptors (Lipinski definition) is 6. The van der Waals surface area contributed by atoms with E-state index < -0.39 is 0 Å². The molecule has 30 heavy (non-hydrogen) atoms. The van der Waals surface area contributed by atoms with Gasteiger partial charge in [-0.2, -0.15) is 5.10 Å². The fraction of sp³-hybridized carbons (Fsp3) is 0.348. The van der Waals surface area contributed by atoms with E-state index in [1.54, 1.807) is 23.2 Å². The zero-order chi connectivity index (χ0) is 20.7. The van der Waals surface area contributed by atoms with Crippen LogP contribution in [0.25, 0.3) is 0 Å². The molecule has 1 unspecified atom stereocenters. The van der Waals surface area contributed by atoms with Crippen molar-refractivity contribution >= 4 is 12.1 Å². The molecular formula is C23H24N4O3. The fourth-order valence-electron chi connectivity index (χ4n) is 4.74. The number of likely N-dealkylation sites (N-methyl/N-ethyl adjacent to an activating group) is 1. The minimum Gasteiger partial charge on any atom is -0.507 e. The molecule has 1 aliphatic carbocycles. The van der Waals surface area contributed by atoms with Crippen LogP contribution in [0.4, 0.5) is 0 Å². The minimum atomic E-state index is -0.255. The van der Waals surface area contributed by atoms with E-state index in [4.69, 9.17) is 9.72 Å². The predicted molar refractivity (Wildman–Crippen MR) is 112 cm³/mol. The smallest absolute Gasteiger partial charge is 0.275 e. The summed E-state index contributed by atoms with van der Waals surface area (Å²) < 4.78 is 5.37. The Kier molecular flexibility index (Phi) is 4.75. The molecule has 1 N–H and O–H groups in total. The molecular weight excluding hydrogens is 380 g/mol. The molecule has 1 fully saturated rings. The molecule has 7 heteroatoms. The lowest BCUT2D eigenvalue weighted by molar-refractivity contribution is -0.132. The number of piperazine rings is 1. The third-order valence-electron chi connectivity index (χ3n) is 6.12. The molecule has 2 aromatic rings. The largest absolute Gasteiger partial charge is 0.507 e. The molecule has 1 saturated heterocycles. The van der Waals surface area contributed by atoms with Crippen LogP contribution >= 0.6 is 0 Å². The Morgan fingerprint density at radius 2 is 1.93 bits per heavy atom. The van der Waals surface area contributed by atoms with Crippen LogP contribution in [-0.2, 0) is 22.4 Å². The molecule has 0 radical (unpaired) electrons. The highest BCUT2D eigenvalue weighted by atomic mass is 16.5. The summed E-state index contributed by atoms with van der Waals surface area (Å²) in [6, 6.07) is 12.4. The van der Waals surface area contributed by atoms with E-state index >= 15 is 0 Å². The van der Waals surface area contributed by atoms with Crippen molar-refractivity contribution in [2.24, 2.45) is 5.10 Å². The van der Waals surface area contributed by atoms with Crippen LogP contribution in [0.5, 0.6) is 0 Å². The van der Waals surface area contributed by atoms with Gasteiger partial charge in [-0.15, -0.1) is 0 Å². The van der Waals surface area contributed by atoms with E-state index in [1.807, 2.05) is 12.3 Å². The van der Waals surface area contributed by atoms with Crippen LogP contribution in [-0.4, -0.2) is 65.0 Å². The SMILES string of the molecule is CN1C[C@@H](C2c3ccccc3CCc3cccnc32)N2/N=C\COCC(O)=C2C1=O. The number of carbonyl (C=O) groups is 1. The highest BCUT2D eigenvalue weighted by molar-refractivity contribution is 5.94.